The molecule has 0 atom stereocenters. The topological polar surface area (TPSA) is 52.5 Å². The molecule has 0 radical (unpaired) electrons. The summed E-state index contributed by atoms with van der Waals surface area (Å²) in [7, 11) is 0. The number of aromatic amines is 1. The van der Waals surface area contributed by atoms with Gasteiger partial charge in [-0.05, 0) is 34.7 Å². The molecule has 0 unspecified atom stereocenters. The summed E-state index contributed by atoms with van der Waals surface area (Å²) in [5, 5.41) is 8.74. The first kappa shape index (κ1) is 7.55. The van der Waals surface area contributed by atoms with Gasteiger partial charge in [-0.25, -0.2) is 4.98 Å². The number of halogens is 1. The lowest BCUT2D eigenvalue weighted by Gasteiger charge is -1.93. The van der Waals surface area contributed by atoms with Crippen LogP contribution in [-0.2, 0) is 0 Å². The van der Waals surface area contributed by atoms with E-state index in [-0.39, 0.29) is 0 Å². The molecule has 1 aromatic heterocycles. The Hall–Kier alpha value is -1.09. The van der Waals surface area contributed by atoms with Crippen LogP contribution in [0.15, 0.2) is 18.5 Å². The fourth-order valence-electron chi connectivity index (χ4n) is 1.09. The first-order chi connectivity index (χ1) is 5.83. The molecule has 1 N–H and O–H groups in total. The van der Waals surface area contributed by atoms with E-state index in [1.54, 1.807) is 12.4 Å². The van der Waals surface area contributed by atoms with Gasteiger partial charge in [-0.1, -0.05) is 0 Å². The van der Waals surface area contributed by atoms with Crippen molar-refractivity contribution >= 4 is 33.6 Å². The fourth-order valence-corrected chi connectivity index (χ4v) is 1.68. The summed E-state index contributed by atoms with van der Waals surface area (Å²) in [4.78, 5) is 7.05. The van der Waals surface area contributed by atoms with Gasteiger partial charge in [0, 0.05) is 3.57 Å². The van der Waals surface area contributed by atoms with Crippen LogP contribution in [0.2, 0.25) is 0 Å². The molecule has 4 heteroatoms. The van der Waals surface area contributed by atoms with E-state index in [0.29, 0.717) is 5.56 Å². The van der Waals surface area contributed by atoms with E-state index in [2.05, 4.69) is 38.6 Å². The van der Waals surface area contributed by atoms with Gasteiger partial charge in [-0.2, -0.15) is 5.26 Å². The molecule has 2 aromatic rings. The minimum Gasteiger partial charge on any atom is -0.343 e. The second kappa shape index (κ2) is 2.75. The third kappa shape index (κ3) is 0.975. The first-order valence-corrected chi connectivity index (χ1v) is 4.42. The van der Waals surface area contributed by atoms with Gasteiger partial charge in [0.15, 0.2) is 0 Å². The Kier molecular flexibility index (Phi) is 1.73. The Morgan fingerprint density at radius 2 is 2.33 bits per heavy atom. The number of nitrogens with one attached hydrogen (secondary N) is 1. The van der Waals surface area contributed by atoms with Gasteiger partial charge in [-0.3, -0.25) is 0 Å². The molecule has 0 fully saturated rings. The summed E-state index contributed by atoms with van der Waals surface area (Å²) in [5.41, 5.74) is 2.34. The van der Waals surface area contributed by atoms with Crippen LogP contribution in [0.3, 0.4) is 0 Å². The molecule has 3 nitrogen and oxygen atoms in total. The number of H-pyrrole nitrogens is 1. The average molecular weight is 269 g/mol. The third-order valence-electron chi connectivity index (χ3n) is 1.65. The number of aromatic nitrogens is 2. The van der Waals surface area contributed by atoms with E-state index in [9.17, 15) is 0 Å². The number of nitrogens with zero attached hydrogens (tertiary/aromatic N) is 2. The van der Waals surface area contributed by atoms with E-state index >= 15 is 0 Å². The zero-order valence-corrected chi connectivity index (χ0v) is 8.16. The van der Waals surface area contributed by atoms with Crippen molar-refractivity contribution in [3.05, 3.63) is 27.6 Å². The zero-order chi connectivity index (χ0) is 8.55. The highest BCUT2D eigenvalue weighted by molar-refractivity contribution is 14.1. The second-order valence-electron chi connectivity index (χ2n) is 2.33. The molecule has 0 amide bonds. The molecule has 1 aromatic carbocycles. The number of nitriles is 1. The number of imidazole rings is 1. The van der Waals surface area contributed by atoms with E-state index in [1.807, 2.05) is 6.07 Å². The normalized spacial score (nSPS) is 10.0. The highest BCUT2D eigenvalue weighted by Gasteiger charge is 2.04. The van der Waals surface area contributed by atoms with Crippen molar-refractivity contribution in [1.29, 1.82) is 5.26 Å². The fraction of sp³-hybridized carbons (Fsp3) is 0. The van der Waals surface area contributed by atoms with Crippen molar-refractivity contribution in [3.63, 3.8) is 0 Å². The van der Waals surface area contributed by atoms with Crippen molar-refractivity contribution in [2.45, 2.75) is 0 Å². The van der Waals surface area contributed by atoms with E-state index in [0.717, 1.165) is 14.6 Å². The predicted molar refractivity (Wildman–Crippen MR) is 53.5 cm³/mol. The van der Waals surface area contributed by atoms with Crippen LogP contribution in [0.1, 0.15) is 5.56 Å². The summed E-state index contributed by atoms with van der Waals surface area (Å²) in [5.74, 6) is 0. The number of rotatable bonds is 0. The van der Waals surface area contributed by atoms with Crippen molar-refractivity contribution in [3.8, 4) is 6.07 Å². The summed E-state index contributed by atoms with van der Waals surface area (Å²) in [6, 6.07) is 5.79. The molecule has 0 saturated heterocycles. The lowest BCUT2D eigenvalue weighted by atomic mass is 10.2. The Morgan fingerprint density at radius 1 is 1.50 bits per heavy atom. The van der Waals surface area contributed by atoms with Crippen LogP contribution < -0.4 is 0 Å². The smallest absolute Gasteiger partial charge is 0.103 e. The number of hydrogen-bond donors (Lipinski definition) is 1. The first-order valence-electron chi connectivity index (χ1n) is 3.34. The van der Waals surface area contributed by atoms with Gasteiger partial charge in [0.1, 0.15) is 11.6 Å². The molecule has 12 heavy (non-hydrogen) atoms. The summed E-state index contributed by atoms with van der Waals surface area (Å²) < 4.78 is 1.06. The van der Waals surface area contributed by atoms with Crippen molar-refractivity contribution in [2.75, 3.05) is 0 Å². The molecule has 1 heterocycles. The van der Waals surface area contributed by atoms with Crippen LogP contribution in [0.5, 0.6) is 0 Å². The van der Waals surface area contributed by atoms with Crippen LogP contribution in [-0.4, -0.2) is 9.97 Å². The van der Waals surface area contributed by atoms with E-state index < -0.39 is 0 Å². The molecule has 0 bridgehead atoms. The molecule has 0 aliphatic rings. The lowest BCUT2D eigenvalue weighted by molar-refractivity contribution is 1.34. The zero-order valence-electron chi connectivity index (χ0n) is 6.00. The van der Waals surface area contributed by atoms with Crippen molar-refractivity contribution < 1.29 is 0 Å². The Balaban J connectivity index is 2.94. The SMILES string of the molecule is N#Cc1ccc(I)c2nc[nH]c12. The minimum absolute atomic E-state index is 0.642. The highest BCUT2D eigenvalue weighted by atomic mass is 127. The summed E-state index contributed by atoms with van der Waals surface area (Å²) >= 11 is 2.20. The van der Waals surface area contributed by atoms with Crippen molar-refractivity contribution in [2.24, 2.45) is 0 Å². The molecular weight excluding hydrogens is 265 g/mol. The Morgan fingerprint density at radius 3 is 3.08 bits per heavy atom. The Bertz CT molecular complexity index is 467. The van der Waals surface area contributed by atoms with Crippen LogP contribution in [0.4, 0.5) is 0 Å². The number of hydrogen-bond acceptors (Lipinski definition) is 2. The van der Waals surface area contributed by atoms with Crippen LogP contribution >= 0.6 is 22.6 Å². The maximum absolute atomic E-state index is 8.74. The van der Waals surface area contributed by atoms with Gasteiger partial charge in [0.25, 0.3) is 0 Å². The van der Waals surface area contributed by atoms with E-state index in [4.69, 9.17) is 5.26 Å². The molecule has 2 rings (SSSR count). The highest BCUT2D eigenvalue weighted by Crippen LogP contribution is 2.19. The molecular formula is C8H4IN3. The monoisotopic (exact) mass is 269 g/mol. The van der Waals surface area contributed by atoms with Crippen LogP contribution in [0, 0.1) is 14.9 Å². The van der Waals surface area contributed by atoms with Crippen molar-refractivity contribution in [1.82, 2.24) is 9.97 Å². The number of benzene rings is 1. The second-order valence-corrected chi connectivity index (χ2v) is 3.50. The maximum atomic E-state index is 8.74. The lowest BCUT2D eigenvalue weighted by Crippen LogP contribution is -1.81. The molecule has 0 saturated carbocycles. The van der Waals surface area contributed by atoms with Gasteiger partial charge >= 0.3 is 0 Å². The number of fused-ring (bicyclic) bond motifs is 1. The van der Waals surface area contributed by atoms with Gasteiger partial charge in [-0.15, -0.1) is 0 Å². The van der Waals surface area contributed by atoms with Crippen LogP contribution in [0.25, 0.3) is 11.0 Å². The standard InChI is InChI=1S/C8H4IN3/c9-6-2-1-5(3-10)7-8(6)12-4-11-7/h1-2,4H,(H,11,12). The molecule has 0 aliphatic heterocycles. The average Bonchev–Trinajstić information content (AvgIpc) is 2.54. The van der Waals surface area contributed by atoms with Gasteiger partial charge < -0.3 is 4.98 Å². The predicted octanol–water partition coefficient (Wildman–Crippen LogP) is 2.04. The summed E-state index contributed by atoms with van der Waals surface area (Å²) in [6.45, 7) is 0. The molecule has 58 valence electrons. The van der Waals surface area contributed by atoms with Gasteiger partial charge in [0.05, 0.1) is 17.4 Å². The molecule has 0 spiro atoms. The Labute approximate surface area is 82.6 Å². The quantitative estimate of drug-likeness (QED) is 0.744. The minimum atomic E-state index is 0.642. The van der Waals surface area contributed by atoms with E-state index in [1.165, 1.54) is 0 Å². The summed E-state index contributed by atoms with van der Waals surface area (Å²) in [6.07, 6.45) is 1.60. The largest absolute Gasteiger partial charge is 0.343 e. The third-order valence-corrected chi connectivity index (χ3v) is 2.52. The maximum Gasteiger partial charge on any atom is 0.103 e. The molecule has 0 aliphatic carbocycles. The van der Waals surface area contributed by atoms with Gasteiger partial charge in [0.2, 0.25) is 0 Å².